The van der Waals surface area contributed by atoms with Gasteiger partial charge in [0.05, 0.1) is 58.9 Å². The van der Waals surface area contributed by atoms with Crippen LogP contribution in [0, 0.1) is 35.0 Å². The number of aromatic nitrogens is 2. The fourth-order valence-electron chi connectivity index (χ4n) is 7.06. The molecule has 0 aliphatic heterocycles. The summed E-state index contributed by atoms with van der Waals surface area (Å²) < 4.78 is 44.1. The SMILES string of the molecule is COc1ccc(C(OCCOc2ccc(C#Cc3ccccc3C#Cc3ccc(OCCOP(OCCC#N)N(C(C)C)C(C)C)cn3)nc2)(c2ccccc2)c2ccc(OC)cc2)cc1. The highest BCUT2D eigenvalue weighted by Gasteiger charge is 2.38. The van der Waals surface area contributed by atoms with E-state index >= 15 is 0 Å². The van der Waals surface area contributed by atoms with Crippen molar-refractivity contribution in [2.75, 3.05) is 47.3 Å². The Balaban J connectivity index is 1.05. The Bertz CT molecular complexity index is 2520. The molecule has 2 heterocycles. The van der Waals surface area contributed by atoms with Crippen LogP contribution < -0.4 is 18.9 Å². The summed E-state index contributed by atoms with van der Waals surface area (Å²) in [6.07, 6.45) is 3.62. The standard InChI is InChI=1S/C54H55N4O7P/c1-41(2)58(42(3)4)66(64-34-12-33-55)65-38-36-62-53-32-26-49(57-40-53)24-18-44-14-11-10-13-43(44)17-23-48-25-31-52(39-56-48)61-35-37-63-54(45-15-8-7-9-16-45,46-19-27-50(59-5)28-20-46)47-21-29-51(60-6)30-22-47/h7-11,13-16,19-22,25-32,39-42H,12,34-38H2,1-6H3. The fourth-order valence-corrected chi connectivity index (χ4v) is 8.63. The molecule has 11 nitrogen and oxygen atoms in total. The number of hydrogen-bond acceptors (Lipinski definition) is 11. The highest BCUT2D eigenvalue weighted by Crippen LogP contribution is 2.46. The molecule has 1 unspecified atom stereocenters. The van der Waals surface area contributed by atoms with E-state index in [-0.39, 0.29) is 25.3 Å². The average Bonchev–Trinajstić information content (AvgIpc) is 3.35. The lowest BCUT2D eigenvalue weighted by Crippen LogP contribution is -2.34. The molecular weight excluding hydrogens is 848 g/mol. The highest BCUT2D eigenvalue weighted by molar-refractivity contribution is 7.44. The third kappa shape index (κ3) is 13.4. The van der Waals surface area contributed by atoms with Crippen LogP contribution in [0.5, 0.6) is 23.0 Å². The molecule has 2 aromatic heterocycles. The lowest BCUT2D eigenvalue weighted by molar-refractivity contribution is -0.00249. The largest absolute Gasteiger partial charge is 0.497 e. The van der Waals surface area contributed by atoms with Crippen molar-refractivity contribution in [3.8, 4) is 52.7 Å². The summed E-state index contributed by atoms with van der Waals surface area (Å²) in [5, 5.41) is 8.95. The number of pyridine rings is 2. The van der Waals surface area contributed by atoms with Gasteiger partial charge in [-0.3, -0.25) is 0 Å². The van der Waals surface area contributed by atoms with Gasteiger partial charge in [-0.25, -0.2) is 14.6 Å². The summed E-state index contributed by atoms with van der Waals surface area (Å²) in [6, 6.07) is 43.6. The van der Waals surface area contributed by atoms with Crippen LogP contribution in [-0.2, 0) is 19.4 Å². The lowest BCUT2D eigenvalue weighted by Gasteiger charge is -2.36. The first-order valence-corrected chi connectivity index (χ1v) is 22.9. The van der Waals surface area contributed by atoms with Crippen molar-refractivity contribution in [1.82, 2.24) is 14.6 Å². The summed E-state index contributed by atoms with van der Waals surface area (Å²) >= 11 is 0. The van der Waals surface area contributed by atoms with Gasteiger partial charge in [-0.2, -0.15) is 5.26 Å². The fraction of sp³-hybridized carbons (Fsp3) is 0.278. The summed E-state index contributed by atoms with van der Waals surface area (Å²) in [6.45, 7) is 9.92. The van der Waals surface area contributed by atoms with Crippen LogP contribution in [0.4, 0.5) is 0 Å². The second kappa shape index (κ2) is 25.1. The van der Waals surface area contributed by atoms with E-state index in [9.17, 15) is 0 Å². The van der Waals surface area contributed by atoms with Crippen LogP contribution in [0.15, 0.2) is 140 Å². The van der Waals surface area contributed by atoms with Gasteiger partial charge >= 0.3 is 0 Å². The number of ether oxygens (including phenoxy) is 5. The van der Waals surface area contributed by atoms with Crippen LogP contribution in [0.3, 0.4) is 0 Å². The smallest absolute Gasteiger partial charge is 0.259 e. The monoisotopic (exact) mass is 902 g/mol. The van der Waals surface area contributed by atoms with Gasteiger partial charge in [0.15, 0.2) is 0 Å². The lowest BCUT2D eigenvalue weighted by atomic mass is 9.80. The van der Waals surface area contributed by atoms with Crippen LogP contribution >= 0.6 is 8.53 Å². The second-order valence-corrected chi connectivity index (χ2v) is 16.7. The minimum atomic E-state index is -1.33. The minimum absolute atomic E-state index is 0.221. The Morgan fingerprint density at radius 2 is 0.985 bits per heavy atom. The zero-order valence-electron chi connectivity index (χ0n) is 38.3. The molecule has 0 saturated carbocycles. The molecule has 1 atom stereocenters. The minimum Gasteiger partial charge on any atom is -0.497 e. The molecule has 66 heavy (non-hydrogen) atoms. The van der Waals surface area contributed by atoms with Crippen molar-refractivity contribution in [2.24, 2.45) is 0 Å². The summed E-state index contributed by atoms with van der Waals surface area (Å²) in [5.74, 6) is 15.5. The Morgan fingerprint density at radius 3 is 1.44 bits per heavy atom. The maximum Gasteiger partial charge on any atom is 0.259 e. The summed E-state index contributed by atoms with van der Waals surface area (Å²) in [4.78, 5) is 9.03. The van der Waals surface area contributed by atoms with Gasteiger partial charge in [0.1, 0.15) is 53.2 Å². The number of nitriles is 1. The molecule has 0 fully saturated rings. The van der Waals surface area contributed by atoms with Crippen molar-refractivity contribution < 1.29 is 32.7 Å². The molecule has 0 aliphatic rings. The zero-order valence-corrected chi connectivity index (χ0v) is 39.2. The average molecular weight is 903 g/mol. The molecule has 6 aromatic rings. The predicted molar refractivity (Wildman–Crippen MR) is 257 cm³/mol. The highest BCUT2D eigenvalue weighted by atomic mass is 31.2. The van der Waals surface area contributed by atoms with Gasteiger partial charge in [-0.1, -0.05) is 78.6 Å². The maximum absolute atomic E-state index is 8.95. The van der Waals surface area contributed by atoms with Crippen molar-refractivity contribution in [3.05, 3.63) is 179 Å². The second-order valence-electron chi connectivity index (χ2n) is 15.2. The van der Waals surface area contributed by atoms with Crippen molar-refractivity contribution in [2.45, 2.75) is 51.8 Å². The normalized spacial score (nSPS) is 11.5. The Kier molecular flexibility index (Phi) is 18.5. The van der Waals surface area contributed by atoms with Crippen molar-refractivity contribution >= 4 is 8.53 Å². The van der Waals surface area contributed by atoms with Gasteiger partial charge < -0.3 is 32.7 Å². The van der Waals surface area contributed by atoms with Gasteiger partial charge in [0, 0.05) is 23.2 Å². The molecule has 6 rings (SSSR count). The molecule has 4 aromatic carbocycles. The molecule has 0 N–H and O–H groups in total. The number of hydrogen-bond donors (Lipinski definition) is 0. The summed E-state index contributed by atoms with van der Waals surface area (Å²) in [7, 11) is 1.98. The van der Waals surface area contributed by atoms with E-state index in [1.54, 1.807) is 26.6 Å². The predicted octanol–water partition coefficient (Wildman–Crippen LogP) is 10.4. The van der Waals surface area contributed by atoms with E-state index in [4.69, 9.17) is 38.0 Å². The van der Waals surface area contributed by atoms with E-state index in [1.807, 2.05) is 115 Å². The number of nitrogens with zero attached hydrogens (tertiary/aromatic N) is 4. The molecule has 0 saturated heterocycles. The molecule has 338 valence electrons. The van der Waals surface area contributed by atoms with Crippen molar-refractivity contribution in [3.63, 3.8) is 0 Å². The van der Waals surface area contributed by atoms with Crippen LogP contribution in [0.25, 0.3) is 0 Å². The first kappa shape index (κ1) is 48.7. The molecule has 0 radical (unpaired) electrons. The topological polar surface area (TPSA) is 117 Å². The molecule has 0 spiro atoms. The molecule has 0 bridgehead atoms. The van der Waals surface area contributed by atoms with Crippen LogP contribution in [0.2, 0.25) is 0 Å². The molecular formula is C54H55N4O7P. The first-order valence-electron chi connectivity index (χ1n) is 21.7. The number of rotatable bonds is 21. The zero-order chi connectivity index (χ0) is 46.6. The maximum atomic E-state index is 8.95. The van der Waals surface area contributed by atoms with Crippen LogP contribution in [0.1, 0.15) is 73.3 Å². The Labute approximate surface area is 390 Å². The third-order valence-corrected chi connectivity index (χ3v) is 12.2. The van der Waals surface area contributed by atoms with Crippen LogP contribution in [-0.4, -0.2) is 74.0 Å². The van der Waals surface area contributed by atoms with Gasteiger partial charge in [0.2, 0.25) is 0 Å². The summed E-state index contributed by atoms with van der Waals surface area (Å²) in [5.41, 5.74) is 4.63. The Morgan fingerprint density at radius 1 is 0.530 bits per heavy atom. The molecule has 0 amide bonds. The number of methoxy groups -OCH3 is 2. The van der Waals surface area contributed by atoms with E-state index in [0.29, 0.717) is 49.1 Å². The van der Waals surface area contributed by atoms with Gasteiger partial charge in [0.25, 0.3) is 8.53 Å². The van der Waals surface area contributed by atoms with E-state index in [0.717, 1.165) is 39.3 Å². The third-order valence-electron chi connectivity index (χ3n) is 10.1. The van der Waals surface area contributed by atoms with Gasteiger partial charge in [-0.05, 0) is 117 Å². The molecule has 12 heteroatoms. The van der Waals surface area contributed by atoms with E-state index < -0.39 is 14.1 Å². The number of benzene rings is 4. The molecule has 0 aliphatic carbocycles. The Hall–Kier alpha value is -6.74. The van der Waals surface area contributed by atoms with E-state index in [2.05, 4.69) is 84.2 Å². The first-order chi connectivity index (χ1) is 32.2. The van der Waals surface area contributed by atoms with Gasteiger partial charge in [-0.15, -0.1) is 0 Å². The van der Waals surface area contributed by atoms with Crippen molar-refractivity contribution in [1.29, 1.82) is 5.26 Å². The quantitative estimate of drug-likeness (QED) is 0.0297. The van der Waals surface area contributed by atoms with E-state index in [1.165, 1.54) is 0 Å².